The number of anilines is 1. The number of hydrogen-bond acceptors (Lipinski definition) is 4. The van der Waals surface area contributed by atoms with Crippen molar-refractivity contribution >= 4 is 22.6 Å². The van der Waals surface area contributed by atoms with Crippen molar-refractivity contribution in [3.05, 3.63) is 71.6 Å². The summed E-state index contributed by atoms with van der Waals surface area (Å²) in [6.45, 7) is -0.300. The third kappa shape index (κ3) is 3.67. The zero-order valence-electron chi connectivity index (χ0n) is 15.7. The van der Waals surface area contributed by atoms with Crippen molar-refractivity contribution in [2.24, 2.45) is 7.05 Å². The molecule has 0 atom stereocenters. The maximum atomic E-state index is 12.9. The average Bonchev–Trinajstić information content (AvgIpc) is 3.32. The molecule has 2 heterocycles. The topological polar surface area (TPSA) is 80.3 Å². The lowest BCUT2D eigenvalue weighted by Crippen LogP contribution is -2.14. The van der Waals surface area contributed by atoms with Gasteiger partial charge in [-0.15, -0.1) is 0 Å². The Bertz CT molecular complexity index is 1240. The van der Waals surface area contributed by atoms with Gasteiger partial charge in [-0.3, -0.25) is 9.48 Å². The summed E-state index contributed by atoms with van der Waals surface area (Å²) >= 11 is 0. The van der Waals surface area contributed by atoms with Crippen molar-refractivity contribution in [2.75, 3.05) is 5.32 Å². The van der Waals surface area contributed by atoms with Crippen LogP contribution >= 0.6 is 0 Å². The van der Waals surface area contributed by atoms with E-state index < -0.39 is 17.6 Å². The van der Waals surface area contributed by atoms with Gasteiger partial charge >= 0.3 is 6.18 Å². The largest absolute Gasteiger partial charge is 0.458 e. The van der Waals surface area contributed by atoms with E-state index in [2.05, 4.69) is 10.4 Å². The first-order valence-electron chi connectivity index (χ1n) is 8.90. The number of carbonyl (C=O) groups excluding carboxylic acids is 1. The molecule has 2 aromatic carbocycles. The number of rotatable bonds is 4. The number of aliphatic hydroxyl groups excluding tert-OH is 1. The summed E-state index contributed by atoms with van der Waals surface area (Å²) in [5.41, 5.74) is 1.17. The Labute approximate surface area is 168 Å². The number of aryl methyl sites for hydroxylation is 1. The minimum absolute atomic E-state index is 0.116. The second-order valence-electron chi connectivity index (χ2n) is 6.69. The Hall–Kier alpha value is -3.59. The van der Waals surface area contributed by atoms with Gasteiger partial charge in [-0.05, 0) is 42.5 Å². The predicted octanol–water partition coefficient (Wildman–Crippen LogP) is 4.60. The molecule has 2 aromatic heterocycles. The molecule has 30 heavy (non-hydrogen) atoms. The van der Waals surface area contributed by atoms with E-state index >= 15 is 0 Å². The van der Waals surface area contributed by atoms with Crippen LogP contribution in [0.2, 0.25) is 0 Å². The van der Waals surface area contributed by atoms with Crippen molar-refractivity contribution in [3.63, 3.8) is 0 Å². The molecular formula is C21H16F3N3O3. The van der Waals surface area contributed by atoms with Crippen molar-refractivity contribution in [3.8, 4) is 11.3 Å². The van der Waals surface area contributed by atoms with Crippen LogP contribution in [0.1, 0.15) is 21.7 Å². The van der Waals surface area contributed by atoms with Crippen molar-refractivity contribution in [2.45, 2.75) is 12.8 Å². The maximum absolute atomic E-state index is 12.9. The molecule has 154 valence electrons. The molecule has 0 radical (unpaired) electrons. The molecule has 0 fully saturated rings. The second-order valence-corrected chi connectivity index (χ2v) is 6.69. The number of fused-ring (bicyclic) bond motifs is 1. The molecule has 0 aliphatic heterocycles. The van der Waals surface area contributed by atoms with Gasteiger partial charge in [0.15, 0.2) is 0 Å². The molecule has 6 nitrogen and oxygen atoms in total. The van der Waals surface area contributed by atoms with Crippen molar-refractivity contribution < 1.29 is 27.5 Å². The fourth-order valence-electron chi connectivity index (χ4n) is 3.22. The normalized spacial score (nSPS) is 11.8. The van der Waals surface area contributed by atoms with Crippen LogP contribution in [0.15, 0.2) is 59.1 Å². The fourth-order valence-corrected chi connectivity index (χ4v) is 3.22. The first-order chi connectivity index (χ1) is 14.3. The summed E-state index contributed by atoms with van der Waals surface area (Å²) in [7, 11) is 1.74. The minimum atomic E-state index is -4.54. The number of halogens is 3. The van der Waals surface area contributed by atoms with Gasteiger partial charge in [-0.25, -0.2) is 0 Å². The lowest BCUT2D eigenvalue weighted by molar-refractivity contribution is -0.137. The van der Waals surface area contributed by atoms with Crippen molar-refractivity contribution in [1.29, 1.82) is 0 Å². The van der Waals surface area contributed by atoms with Crippen LogP contribution in [0.25, 0.3) is 22.2 Å². The minimum Gasteiger partial charge on any atom is -0.458 e. The quantitative estimate of drug-likeness (QED) is 0.511. The van der Waals surface area contributed by atoms with Crippen LogP contribution in [-0.2, 0) is 19.8 Å². The molecule has 0 aliphatic rings. The van der Waals surface area contributed by atoms with E-state index in [4.69, 9.17) is 4.42 Å². The van der Waals surface area contributed by atoms with Crippen LogP contribution < -0.4 is 5.32 Å². The van der Waals surface area contributed by atoms with Crippen LogP contribution in [0, 0.1) is 0 Å². The van der Waals surface area contributed by atoms with E-state index in [-0.39, 0.29) is 12.2 Å². The van der Waals surface area contributed by atoms with E-state index in [0.717, 1.165) is 12.1 Å². The van der Waals surface area contributed by atoms with E-state index in [1.807, 2.05) is 0 Å². The number of furan rings is 1. The number of aromatic nitrogens is 2. The Morgan fingerprint density at radius 3 is 2.67 bits per heavy atom. The summed E-state index contributed by atoms with van der Waals surface area (Å²) < 4.78 is 46.2. The highest BCUT2D eigenvalue weighted by Crippen LogP contribution is 2.34. The number of hydrogen-bond donors (Lipinski definition) is 2. The Balaban J connectivity index is 1.75. The summed E-state index contributed by atoms with van der Waals surface area (Å²) in [5.74, 6) is -0.336. The average molecular weight is 415 g/mol. The van der Waals surface area contributed by atoms with Gasteiger partial charge in [-0.2, -0.15) is 18.3 Å². The summed E-state index contributed by atoms with van der Waals surface area (Å²) in [5, 5.41) is 16.8. The molecule has 0 saturated heterocycles. The zero-order chi connectivity index (χ0) is 21.5. The predicted molar refractivity (Wildman–Crippen MR) is 104 cm³/mol. The lowest BCUT2D eigenvalue weighted by Gasteiger charge is -2.11. The van der Waals surface area contributed by atoms with Crippen LogP contribution in [0.4, 0.5) is 18.9 Å². The van der Waals surface area contributed by atoms with E-state index in [1.165, 1.54) is 12.1 Å². The number of alkyl halides is 3. The SMILES string of the molecule is Cn1nccc1-c1cc(NC(=O)c2cccc(C(F)(F)F)c2)cc2cc(CO)oc12. The summed E-state index contributed by atoms with van der Waals surface area (Å²) in [4.78, 5) is 12.6. The summed E-state index contributed by atoms with van der Waals surface area (Å²) in [6, 6.07) is 10.9. The van der Waals surface area contributed by atoms with Gasteiger partial charge in [-0.1, -0.05) is 6.07 Å². The van der Waals surface area contributed by atoms with Crippen molar-refractivity contribution in [1.82, 2.24) is 9.78 Å². The highest BCUT2D eigenvalue weighted by atomic mass is 19.4. The lowest BCUT2D eigenvalue weighted by atomic mass is 10.1. The Kier molecular flexibility index (Phi) is 4.83. The smallest absolute Gasteiger partial charge is 0.416 e. The van der Waals surface area contributed by atoms with E-state index in [1.54, 1.807) is 42.2 Å². The molecule has 0 bridgehead atoms. The molecule has 0 spiro atoms. The van der Waals surface area contributed by atoms with Gasteiger partial charge in [0.25, 0.3) is 5.91 Å². The number of aliphatic hydroxyl groups is 1. The fraction of sp³-hybridized carbons (Fsp3) is 0.143. The van der Waals surface area contributed by atoms with Gasteiger partial charge < -0.3 is 14.8 Å². The number of nitrogens with one attached hydrogen (secondary N) is 1. The van der Waals surface area contributed by atoms with Gasteiger partial charge in [0.2, 0.25) is 0 Å². The number of amides is 1. The third-order valence-electron chi connectivity index (χ3n) is 4.63. The first kappa shape index (κ1) is 19.7. The van der Waals surface area contributed by atoms with Crippen LogP contribution in [0.3, 0.4) is 0 Å². The highest BCUT2D eigenvalue weighted by Gasteiger charge is 2.31. The monoisotopic (exact) mass is 415 g/mol. The standard InChI is InChI=1S/C21H16F3N3O3/c1-27-18(5-6-25-27)17-10-15(8-13-9-16(11-28)30-19(13)17)26-20(29)12-3-2-4-14(7-12)21(22,23)24/h2-10,28H,11H2,1H3,(H,26,29). The molecule has 1 amide bonds. The van der Waals surface area contributed by atoms with Gasteiger partial charge in [0, 0.05) is 35.4 Å². The molecule has 4 rings (SSSR count). The van der Waals surface area contributed by atoms with E-state index in [9.17, 15) is 23.1 Å². The molecule has 2 N–H and O–H groups in total. The summed E-state index contributed by atoms with van der Waals surface area (Å²) in [6.07, 6.45) is -2.94. The first-order valence-corrected chi connectivity index (χ1v) is 8.90. The maximum Gasteiger partial charge on any atom is 0.416 e. The van der Waals surface area contributed by atoms with Crippen LogP contribution in [0.5, 0.6) is 0 Å². The Morgan fingerprint density at radius 1 is 1.20 bits per heavy atom. The number of nitrogens with zero attached hydrogens (tertiary/aromatic N) is 2. The molecule has 0 aliphatic carbocycles. The molecule has 0 unspecified atom stereocenters. The molecule has 0 saturated carbocycles. The molecule has 4 aromatic rings. The van der Waals surface area contributed by atoms with Crippen LogP contribution in [-0.4, -0.2) is 20.8 Å². The number of carbonyl (C=O) groups is 1. The highest BCUT2D eigenvalue weighted by molar-refractivity contribution is 6.06. The van der Waals surface area contributed by atoms with Gasteiger partial charge in [0.05, 0.1) is 11.3 Å². The third-order valence-corrected chi connectivity index (χ3v) is 4.63. The molecule has 9 heteroatoms. The zero-order valence-corrected chi connectivity index (χ0v) is 15.7. The van der Waals surface area contributed by atoms with Gasteiger partial charge in [0.1, 0.15) is 18.0 Å². The number of benzene rings is 2. The molecular weight excluding hydrogens is 399 g/mol. The Morgan fingerprint density at radius 2 is 2.00 bits per heavy atom. The van der Waals surface area contributed by atoms with E-state index in [0.29, 0.717) is 33.7 Å². The second kappa shape index (κ2) is 7.34.